The Morgan fingerprint density at radius 2 is 1.89 bits per heavy atom. The number of anilines is 1. The fraction of sp³-hybridized carbons (Fsp3) is 0.538. The van der Waals surface area contributed by atoms with Gasteiger partial charge in [0.05, 0.1) is 6.61 Å². The summed E-state index contributed by atoms with van der Waals surface area (Å²) < 4.78 is 5.35. The van der Waals surface area contributed by atoms with Gasteiger partial charge in [-0.25, -0.2) is 0 Å². The molecule has 5 nitrogen and oxygen atoms in total. The van der Waals surface area contributed by atoms with Gasteiger partial charge in [-0.1, -0.05) is 6.07 Å². The highest BCUT2D eigenvalue weighted by atomic mass is 16.6. The quantitative estimate of drug-likeness (QED) is 0.616. The van der Waals surface area contributed by atoms with Crippen LogP contribution in [-0.4, -0.2) is 46.5 Å². The normalized spacial score (nSPS) is 31.6. The second kappa shape index (κ2) is 5.24. The molecule has 100 valence electrons. The van der Waals surface area contributed by atoms with Gasteiger partial charge in [-0.05, 0) is 37.1 Å². The molecule has 4 atom stereocenters. The molecule has 0 unspecified atom stereocenters. The third-order valence-corrected chi connectivity index (χ3v) is 3.36. The number of nitrogens with one attached hydrogen (secondary N) is 1. The van der Waals surface area contributed by atoms with Crippen molar-refractivity contribution in [2.75, 3.05) is 11.9 Å². The summed E-state index contributed by atoms with van der Waals surface area (Å²) in [7, 11) is 0. The molecule has 0 bridgehead atoms. The summed E-state index contributed by atoms with van der Waals surface area (Å²) in [5.41, 5.74) is 3.13. The molecule has 2 rings (SSSR count). The molecule has 0 amide bonds. The summed E-state index contributed by atoms with van der Waals surface area (Å²) in [4.78, 5) is 0. The van der Waals surface area contributed by atoms with Gasteiger partial charge in [0.25, 0.3) is 0 Å². The zero-order chi connectivity index (χ0) is 13.3. The number of rotatable bonds is 3. The van der Waals surface area contributed by atoms with Crippen molar-refractivity contribution in [1.82, 2.24) is 0 Å². The molecule has 0 spiro atoms. The van der Waals surface area contributed by atoms with Gasteiger partial charge in [-0.2, -0.15) is 0 Å². The van der Waals surface area contributed by atoms with E-state index in [4.69, 9.17) is 9.84 Å². The van der Waals surface area contributed by atoms with Gasteiger partial charge in [0.2, 0.25) is 0 Å². The van der Waals surface area contributed by atoms with Crippen LogP contribution in [0.4, 0.5) is 5.69 Å². The number of hydrogen-bond donors (Lipinski definition) is 4. The van der Waals surface area contributed by atoms with Crippen LogP contribution in [0, 0.1) is 13.8 Å². The van der Waals surface area contributed by atoms with E-state index in [1.54, 1.807) is 0 Å². The first-order valence-electron chi connectivity index (χ1n) is 5.99. The standard InChI is InChI=1S/C13H19NO4/c1-7-3-4-9(5-8(7)2)14-13-12(17)11(16)10(6-15)18-13/h3-5,10-17H,6H2,1-2H3/t10-,11+,12+,13-/m1/s1. The summed E-state index contributed by atoms with van der Waals surface area (Å²) >= 11 is 0. The Kier molecular flexibility index (Phi) is 3.87. The molecule has 0 aromatic heterocycles. The van der Waals surface area contributed by atoms with Crippen molar-refractivity contribution in [3.05, 3.63) is 29.3 Å². The Morgan fingerprint density at radius 3 is 2.44 bits per heavy atom. The van der Waals surface area contributed by atoms with E-state index in [0.29, 0.717) is 0 Å². The van der Waals surface area contributed by atoms with Gasteiger partial charge in [0.1, 0.15) is 18.3 Å². The van der Waals surface area contributed by atoms with Gasteiger partial charge in [0.15, 0.2) is 6.23 Å². The Morgan fingerprint density at radius 1 is 1.17 bits per heavy atom. The SMILES string of the molecule is Cc1ccc(N[C@@H]2O[C@H](CO)[C@H](O)[C@@H]2O)cc1C. The molecule has 0 radical (unpaired) electrons. The Balaban J connectivity index is 2.07. The Hall–Kier alpha value is -1.14. The molecule has 18 heavy (non-hydrogen) atoms. The summed E-state index contributed by atoms with van der Waals surface area (Å²) in [5, 5.41) is 31.4. The Labute approximate surface area is 106 Å². The second-order valence-electron chi connectivity index (χ2n) is 4.70. The van der Waals surface area contributed by atoms with Crippen LogP contribution in [0.25, 0.3) is 0 Å². The van der Waals surface area contributed by atoms with E-state index in [0.717, 1.165) is 11.3 Å². The van der Waals surface area contributed by atoms with Crippen LogP contribution in [0.2, 0.25) is 0 Å². The van der Waals surface area contributed by atoms with Crippen molar-refractivity contribution in [2.45, 2.75) is 38.4 Å². The smallest absolute Gasteiger partial charge is 0.157 e. The molecule has 5 heteroatoms. The number of benzene rings is 1. The first kappa shape index (κ1) is 13.3. The molecule has 4 N–H and O–H groups in total. The van der Waals surface area contributed by atoms with Crippen LogP contribution in [-0.2, 0) is 4.74 Å². The summed E-state index contributed by atoms with van der Waals surface area (Å²) in [5.74, 6) is 0. The van der Waals surface area contributed by atoms with Gasteiger partial charge in [-0.15, -0.1) is 0 Å². The molecule has 1 aliphatic heterocycles. The van der Waals surface area contributed by atoms with E-state index in [2.05, 4.69) is 5.32 Å². The molecule has 1 heterocycles. The van der Waals surface area contributed by atoms with E-state index in [1.165, 1.54) is 5.56 Å². The van der Waals surface area contributed by atoms with E-state index in [1.807, 2.05) is 32.0 Å². The number of ether oxygens (including phenoxy) is 1. The number of aryl methyl sites for hydroxylation is 2. The lowest BCUT2D eigenvalue weighted by atomic mass is 10.1. The van der Waals surface area contributed by atoms with Crippen LogP contribution < -0.4 is 5.32 Å². The first-order chi connectivity index (χ1) is 8.52. The van der Waals surface area contributed by atoms with Gasteiger partial charge < -0.3 is 25.4 Å². The number of hydrogen-bond acceptors (Lipinski definition) is 5. The molecule has 1 fully saturated rings. The highest BCUT2D eigenvalue weighted by Crippen LogP contribution is 2.23. The van der Waals surface area contributed by atoms with Crippen molar-refractivity contribution in [3.8, 4) is 0 Å². The highest BCUT2D eigenvalue weighted by Gasteiger charge is 2.42. The predicted octanol–water partition coefficient (Wildman–Crippen LogP) is 0.154. The molecule has 1 aliphatic rings. The van der Waals surface area contributed by atoms with Crippen molar-refractivity contribution in [1.29, 1.82) is 0 Å². The molecule has 0 saturated carbocycles. The third kappa shape index (κ3) is 2.49. The number of aliphatic hydroxyl groups is 3. The third-order valence-electron chi connectivity index (χ3n) is 3.36. The van der Waals surface area contributed by atoms with E-state index < -0.39 is 24.5 Å². The van der Waals surface area contributed by atoms with Crippen LogP contribution in [0.1, 0.15) is 11.1 Å². The van der Waals surface area contributed by atoms with Gasteiger partial charge >= 0.3 is 0 Å². The maximum absolute atomic E-state index is 9.80. The minimum Gasteiger partial charge on any atom is -0.394 e. The van der Waals surface area contributed by atoms with Crippen LogP contribution in [0.15, 0.2) is 18.2 Å². The van der Waals surface area contributed by atoms with E-state index >= 15 is 0 Å². The fourth-order valence-corrected chi connectivity index (χ4v) is 2.01. The second-order valence-corrected chi connectivity index (χ2v) is 4.70. The van der Waals surface area contributed by atoms with Gasteiger partial charge in [-0.3, -0.25) is 0 Å². The molecule has 0 aliphatic carbocycles. The average molecular weight is 253 g/mol. The number of aliphatic hydroxyl groups excluding tert-OH is 3. The first-order valence-corrected chi connectivity index (χ1v) is 5.99. The Bertz CT molecular complexity index is 423. The van der Waals surface area contributed by atoms with Crippen LogP contribution in [0.5, 0.6) is 0 Å². The summed E-state index contributed by atoms with van der Waals surface area (Å²) in [6.45, 7) is 3.70. The van der Waals surface area contributed by atoms with Crippen LogP contribution in [0.3, 0.4) is 0 Å². The van der Waals surface area contributed by atoms with Crippen molar-refractivity contribution in [3.63, 3.8) is 0 Å². The molecular formula is C13H19NO4. The summed E-state index contributed by atoms with van der Waals surface area (Å²) in [6, 6.07) is 5.81. The fourth-order valence-electron chi connectivity index (χ4n) is 2.01. The zero-order valence-corrected chi connectivity index (χ0v) is 10.5. The van der Waals surface area contributed by atoms with Gasteiger partial charge in [0, 0.05) is 5.69 Å². The largest absolute Gasteiger partial charge is 0.394 e. The molecule has 1 aromatic rings. The van der Waals surface area contributed by atoms with Crippen molar-refractivity contribution >= 4 is 5.69 Å². The average Bonchev–Trinajstić information content (AvgIpc) is 2.62. The maximum Gasteiger partial charge on any atom is 0.157 e. The lowest BCUT2D eigenvalue weighted by Crippen LogP contribution is -2.36. The van der Waals surface area contributed by atoms with E-state index in [9.17, 15) is 10.2 Å². The van der Waals surface area contributed by atoms with Crippen molar-refractivity contribution in [2.24, 2.45) is 0 Å². The topological polar surface area (TPSA) is 82.0 Å². The molecule has 1 aromatic carbocycles. The summed E-state index contributed by atoms with van der Waals surface area (Å²) in [6.07, 6.45) is -3.58. The lowest BCUT2D eigenvalue weighted by molar-refractivity contribution is -0.0153. The predicted molar refractivity (Wildman–Crippen MR) is 67.3 cm³/mol. The minimum atomic E-state index is -1.07. The zero-order valence-electron chi connectivity index (χ0n) is 10.5. The van der Waals surface area contributed by atoms with Crippen LogP contribution >= 0.6 is 0 Å². The van der Waals surface area contributed by atoms with Crippen molar-refractivity contribution < 1.29 is 20.1 Å². The monoisotopic (exact) mass is 253 g/mol. The highest BCUT2D eigenvalue weighted by molar-refractivity contribution is 5.48. The van der Waals surface area contributed by atoms with E-state index in [-0.39, 0.29) is 6.61 Å². The lowest BCUT2D eigenvalue weighted by Gasteiger charge is -2.18. The minimum absolute atomic E-state index is 0.316. The molecular weight excluding hydrogens is 234 g/mol. The maximum atomic E-state index is 9.80. The molecule has 1 saturated heterocycles.